The van der Waals surface area contributed by atoms with E-state index in [0.29, 0.717) is 30.0 Å². The van der Waals surface area contributed by atoms with E-state index in [0.717, 1.165) is 18.4 Å². The molecule has 1 heterocycles. The van der Waals surface area contributed by atoms with Gasteiger partial charge >= 0.3 is 0 Å². The van der Waals surface area contributed by atoms with Crippen LogP contribution in [-0.4, -0.2) is 46.0 Å². The number of methoxy groups -OCH3 is 2. The Labute approximate surface area is 184 Å². The van der Waals surface area contributed by atoms with Gasteiger partial charge in [-0.1, -0.05) is 6.92 Å². The number of rotatable bonds is 8. The van der Waals surface area contributed by atoms with Gasteiger partial charge in [-0.2, -0.15) is 0 Å². The van der Waals surface area contributed by atoms with Crippen LogP contribution in [0.3, 0.4) is 0 Å². The normalized spacial score (nSPS) is 17.4. The molecule has 2 atom stereocenters. The maximum Gasteiger partial charge on any atom is 0.254 e. The van der Waals surface area contributed by atoms with Crippen LogP contribution in [0.1, 0.15) is 55.1 Å². The van der Waals surface area contributed by atoms with Crippen LogP contribution in [0.4, 0.5) is 0 Å². The second-order valence-electron chi connectivity index (χ2n) is 7.72. The second kappa shape index (κ2) is 9.70. The Kier molecular flexibility index (Phi) is 7.23. The molecule has 1 saturated heterocycles. The fourth-order valence-electron chi connectivity index (χ4n) is 3.79. The zero-order valence-corrected chi connectivity index (χ0v) is 19.2. The van der Waals surface area contributed by atoms with Gasteiger partial charge in [-0.15, -0.1) is 0 Å². The van der Waals surface area contributed by atoms with Gasteiger partial charge in [0.05, 0.1) is 25.2 Å². The van der Waals surface area contributed by atoms with E-state index in [-0.39, 0.29) is 22.9 Å². The highest BCUT2D eigenvalue weighted by atomic mass is 32.2. The molecule has 0 saturated carbocycles. The monoisotopic (exact) mass is 446 g/mol. The van der Waals surface area contributed by atoms with E-state index in [2.05, 4.69) is 4.72 Å². The van der Waals surface area contributed by atoms with Crippen molar-refractivity contribution in [2.24, 2.45) is 0 Å². The number of sulfonamides is 1. The summed E-state index contributed by atoms with van der Waals surface area (Å²) in [5.74, 6) is 1.25. The first-order chi connectivity index (χ1) is 14.8. The summed E-state index contributed by atoms with van der Waals surface area (Å²) in [7, 11) is -0.403. The first kappa shape index (κ1) is 23.1. The Bertz CT molecular complexity index is 1020. The van der Waals surface area contributed by atoms with E-state index in [1.54, 1.807) is 26.4 Å². The summed E-state index contributed by atoms with van der Waals surface area (Å²) in [6.07, 6.45) is 2.41. The zero-order valence-electron chi connectivity index (χ0n) is 18.4. The number of hydrogen-bond donors (Lipinski definition) is 1. The molecule has 0 bridgehead atoms. The third kappa shape index (κ3) is 5.02. The van der Waals surface area contributed by atoms with Crippen molar-refractivity contribution in [3.63, 3.8) is 0 Å². The smallest absolute Gasteiger partial charge is 0.254 e. The number of likely N-dealkylation sites (tertiary alicyclic amines) is 1. The van der Waals surface area contributed by atoms with Crippen molar-refractivity contribution in [2.75, 3.05) is 20.8 Å². The van der Waals surface area contributed by atoms with Gasteiger partial charge in [-0.05, 0) is 62.6 Å². The number of benzene rings is 2. The van der Waals surface area contributed by atoms with Gasteiger partial charge in [-0.25, -0.2) is 13.1 Å². The van der Waals surface area contributed by atoms with Crippen molar-refractivity contribution < 1.29 is 22.7 Å². The molecule has 0 spiro atoms. The third-order valence-corrected chi connectivity index (χ3v) is 7.30. The lowest BCUT2D eigenvalue weighted by Crippen LogP contribution is -2.32. The van der Waals surface area contributed by atoms with Crippen LogP contribution >= 0.6 is 0 Å². The maximum atomic E-state index is 13.2. The molecule has 7 nitrogen and oxygen atoms in total. The van der Waals surface area contributed by atoms with Crippen molar-refractivity contribution in [3.8, 4) is 11.5 Å². The molecule has 31 heavy (non-hydrogen) atoms. The number of nitrogens with zero attached hydrogens (tertiary/aromatic N) is 1. The average Bonchev–Trinajstić information content (AvgIpc) is 3.27. The quantitative estimate of drug-likeness (QED) is 0.667. The second-order valence-corrected chi connectivity index (χ2v) is 9.43. The van der Waals surface area contributed by atoms with Gasteiger partial charge in [0, 0.05) is 29.8 Å². The molecule has 0 aromatic heterocycles. The van der Waals surface area contributed by atoms with Gasteiger partial charge in [-0.3, -0.25) is 4.79 Å². The van der Waals surface area contributed by atoms with Gasteiger partial charge in [0.1, 0.15) is 11.5 Å². The number of hydrogen-bond acceptors (Lipinski definition) is 5. The van der Waals surface area contributed by atoms with Crippen molar-refractivity contribution in [3.05, 3.63) is 53.6 Å². The van der Waals surface area contributed by atoms with E-state index >= 15 is 0 Å². The lowest BCUT2D eigenvalue weighted by Gasteiger charge is -2.26. The molecule has 1 fully saturated rings. The highest BCUT2D eigenvalue weighted by Gasteiger charge is 2.32. The van der Waals surface area contributed by atoms with Crippen molar-refractivity contribution in [2.45, 2.75) is 50.1 Å². The molecule has 0 radical (unpaired) electrons. The molecular weight excluding hydrogens is 416 g/mol. The molecule has 1 amide bonds. The minimum absolute atomic E-state index is 0.108. The molecule has 2 aromatic rings. The molecule has 168 valence electrons. The van der Waals surface area contributed by atoms with Crippen LogP contribution in [0.15, 0.2) is 47.4 Å². The van der Waals surface area contributed by atoms with E-state index in [1.807, 2.05) is 36.9 Å². The predicted molar refractivity (Wildman–Crippen MR) is 119 cm³/mol. The highest BCUT2D eigenvalue weighted by molar-refractivity contribution is 7.89. The van der Waals surface area contributed by atoms with E-state index in [1.165, 1.54) is 12.1 Å². The molecule has 1 aliphatic rings. The minimum atomic E-state index is -3.61. The Balaban J connectivity index is 1.82. The molecule has 1 aliphatic heterocycles. The summed E-state index contributed by atoms with van der Waals surface area (Å²) < 4.78 is 38.4. The van der Waals surface area contributed by atoms with E-state index in [9.17, 15) is 13.2 Å². The number of carbonyl (C=O) groups is 1. The Morgan fingerprint density at radius 1 is 1.16 bits per heavy atom. The molecular formula is C23H30N2O5S. The lowest BCUT2D eigenvalue weighted by molar-refractivity contribution is 0.0734. The lowest BCUT2D eigenvalue weighted by atomic mass is 10.0. The summed E-state index contributed by atoms with van der Waals surface area (Å²) in [6, 6.07) is 11.5. The van der Waals surface area contributed by atoms with E-state index in [4.69, 9.17) is 9.47 Å². The molecule has 2 aromatic carbocycles. The zero-order chi connectivity index (χ0) is 22.6. The Hall–Kier alpha value is -2.58. The van der Waals surface area contributed by atoms with Gasteiger partial charge < -0.3 is 14.4 Å². The van der Waals surface area contributed by atoms with Crippen molar-refractivity contribution in [1.29, 1.82) is 0 Å². The largest absolute Gasteiger partial charge is 0.497 e. The van der Waals surface area contributed by atoms with Crippen molar-refractivity contribution in [1.82, 2.24) is 9.62 Å². The summed E-state index contributed by atoms with van der Waals surface area (Å²) in [6.45, 7) is 4.37. The van der Waals surface area contributed by atoms with Crippen LogP contribution in [0.25, 0.3) is 0 Å². The van der Waals surface area contributed by atoms with Crippen LogP contribution in [0.5, 0.6) is 11.5 Å². The van der Waals surface area contributed by atoms with Crippen LogP contribution in [0.2, 0.25) is 0 Å². The van der Waals surface area contributed by atoms with E-state index < -0.39 is 10.0 Å². The fraction of sp³-hybridized carbons (Fsp3) is 0.435. The SMILES string of the molecule is CCC(C)NS(=O)(=O)c1ccc(C(=O)N2CCCC2c2ccc(OC)cc2OC)cc1. The summed E-state index contributed by atoms with van der Waals surface area (Å²) in [5.41, 5.74) is 1.40. The molecule has 3 rings (SSSR count). The van der Waals surface area contributed by atoms with Crippen LogP contribution in [0, 0.1) is 0 Å². The standard InChI is InChI=1S/C23H30N2O5S/c1-5-16(2)24-31(27,28)19-11-8-17(9-12-19)23(26)25-14-6-7-21(25)20-13-10-18(29-3)15-22(20)30-4/h8-13,15-16,21,24H,5-7,14H2,1-4H3. The molecule has 8 heteroatoms. The third-order valence-electron chi connectivity index (χ3n) is 5.69. The first-order valence-electron chi connectivity index (χ1n) is 10.5. The topological polar surface area (TPSA) is 84.9 Å². The molecule has 1 N–H and O–H groups in total. The first-order valence-corrected chi connectivity index (χ1v) is 11.9. The highest BCUT2D eigenvalue weighted by Crippen LogP contribution is 2.39. The number of amides is 1. The van der Waals surface area contributed by atoms with Crippen LogP contribution < -0.4 is 14.2 Å². The van der Waals surface area contributed by atoms with Gasteiger partial charge in [0.2, 0.25) is 10.0 Å². The number of carbonyl (C=O) groups excluding carboxylic acids is 1. The minimum Gasteiger partial charge on any atom is -0.497 e. The summed E-state index contributed by atoms with van der Waals surface area (Å²) in [4.78, 5) is 15.2. The number of ether oxygens (including phenoxy) is 2. The Morgan fingerprint density at radius 3 is 2.48 bits per heavy atom. The van der Waals surface area contributed by atoms with Crippen LogP contribution in [-0.2, 0) is 10.0 Å². The number of nitrogens with one attached hydrogen (secondary N) is 1. The van der Waals surface area contributed by atoms with Gasteiger partial charge in [0.15, 0.2) is 0 Å². The predicted octanol–water partition coefficient (Wildman–Crippen LogP) is 3.76. The Morgan fingerprint density at radius 2 is 1.87 bits per heavy atom. The maximum absolute atomic E-state index is 13.2. The van der Waals surface area contributed by atoms with Crippen molar-refractivity contribution >= 4 is 15.9 Å². The molecule has 2 unspecified atom stereocenters. The van der Waals surface area contributed by atoms with Gasteiger partial charge in [0.25, 0.3) is 5.91 Å². The fourth-order valence-corrected chi connectivity index (χ4v) is 5.11. The molecule has 0 aliphatic carbocycles. The summed E-state index contributed by atoms with van der Waals surface area (Å²) >= 11 is 0. The summed E-state index contributed by atoms with van der Waals surface area (Å²) in [5, 5.41) is 0. The average molecular weight is 447 g/mol.